The van der Waals surface area contributed by atoms with Gasteiger partial charge in [0.15, 0.2) is 0 Å². The van der Waals surface area contributed by atoms with Crippen LogP contribution in [0.2, 0.25) is 0 Å². The minimum absolute atomic E-state index is 0.413. The SMILES string of the molecule is CC1(O)CCN(c2cc(N)ncc2C#N)CC1. The second kappa shape index (κ2) is 4.22. The summed E-state index contributed by atoms with van der Waals surface area (Å²) < 4.78 is 0. The van der Waals surface area contributed by atoms with Gasteiger partial charge in [-0.25, -0.2) is 4.98 Å². The Labute approximate surface area is 100 Å². The lowest BCUT2D eigenvalue weighted by molar-refractivity contribution is 0.0351. The number of nitrogens with two attached hydrogens (primary N) is 1. The van der Waals surface area contributed by atoms with Gasteiger partial charge in [-0.1, -0.05) is 0 Å². The minimum Gasteiger partial charge on any atom is -0.390 e. The van der Waals surface area contributed by atoms with Gasteiger partial charge in [-0.2, -0.15) is 5.26 Å². The molecule has 1 aromatic rings. The average molecular weight is 232 g/mol. The number of hydrogen-bond acceptors (Lipinski definition) is 5. The highest BCUT2D eigenvalue weighted by Crippen LogP contribution is 2.28. The zero-order chi connectivity index (χ0) is 12.5. The Balaban J connectivity index is 2.24. The molecule has 3 N–H and O–H groups in total. The highest BCUT2D eigenvalue weighted by molar-refractivity contribution is 5.62. The molecule has 0 radical (unpaired) electrons. The molecular weight excluding hydrogens is 216 g/mol. The van der Waals surface area contributed by atoms with Crippen molar-refractivity contribution in [3.63, 3.8) is 0 Å². The summed E-state index contributed by atoms with van der Waals surface area (Å²) in [4.78, 5) is 5.99. The molecule has 0 spiro atoms. The molecular formula is C12H16N4O. The number of anilines is 2. The number of piperidine rings is 1. The fourth-order valence-electron chi connectivity index (χ4n) is 2.04. The maximum atomic E-state index is 9.89. The maximum absolute atomic E-state index is 9.89. The van der Waals surface area contributed by atoms with E-state index in [4.69, 9.17) is 11.0 Å². The molecule has 0 aromatic carbocycles. The summed E-state index contributed by atoms with van der Waals surface area (Å²) in [7, 11) is 0. The Morgan fingerprint density at radius 2 is 2.18 bits per heavy atom. The van der Waals surface area contributed by atoms with E-state index in [0.29, 0.717) is 24.2 Å². The first-order valence-electron chi connectivity index (χ1n) is 5.65. The van der Waals surface area contributed by atoms with Crippen molar-refractivity contribution in [2.24, 2.45) is 0 Å². The van der Waals surface area contributed by atoms with Crippen molar-refractivity contribution in [2.75, 3.05) is 23.7 Å². The van der Waals surface area contributed by atoms with Crippen LogP contribution in [0.5, 0.6) is 0 Å². The van der Waals surface area contributed by atoms with Crippen LogP contribution in [0.25, 0.3) is 0 Å². The van der Waals surface area contributed by atoms with Gasteiger partial charge >= 0.3 is 0 Å². The van der Waals surface area contributed by atoms with Crippen LogP contribution in [-0.4, -0.2) is 28.8 Å². The monoisotopic (exact) mass is 232 g/mol. The van der Waals surface area contributed by atoms with E-state index < -0.39 is 5.60 Å². The molecule has 5 heteroatoms. The quantitative estimate of drug-likeness (QED) is 0.750. The van der Waals surface area contributed by atoms with E-state index in [2.05, 4.69) is 16.0 Å². The van der Waals surface area contributed by atoms with Crippen molar-refractivity contribution < 1.29 is 5.11 Å². The van der Waals surface area contributed by atoms with Gasteiger partial charge < -0.3 is 15.7 Å². The van der Waals surface area contributed by atoms with Crippen molar-refractivity contribution in [3.8, 4) is 6.07 Å². The molecule has 1 saturated heterocycles. The van der Waals surface area contributed by atoms with E-state index in [-0.39, 0.29) is 0 Å². The Morgan fingerprint density at radius 1 is 1.53 bits per heavy atom. The van der Waals surface area contributed by atoms with Gasteiger partial charge in [0.1, 0.15) is 11.9 Å². The minimum atomic E-state index is -0.595. The Bertz CT molecular complexity index is 454. The van der Waals surface area contributed by atoms with E-state index in [0.717, 1.165) is 18.8 Å². The van der Waals surface area contributed by atoms with E-state index in [9.17, 15) is 5.11 Å². The van der Waals surface area contributed by atoms with Gasteiger partial charge in [-0.3, -0.25) is 0 Å². The maximum Gasteiger partial charge on any atom is 0.125 e. The van der Waals surface area contributed by atoms with Gasteiger partial charge in [0, 0.05) is 25.4 Å². The average Bonchev–Trinajstić information content (AvgIpc) is 2.29. The van der Waals surface area contributed by atoms with Crippen LogP contribution in [0, 0.1) is 11.3 Å². The van der Waals surface area contributed by atoms with Gasteiger partial charge in [-0.05, 0) is 19.8 Å². The molecule has 1 fully saturated rings. The molecule has 0 amide bonds. The predicted octanol–water partition coefficient (Wildman–Crippen LogP) is 0.887. The summed E-state index contributed by atoms with van der Waals surface area (Å²) in [6, 6.07) is 3.84. The molecule has 1 aromatic heterocycles. The van der Waals surface area contributed by atoms with Gasteiger partial charge in [0.2, 0.25) is 0 Å². The fourth-order valence-corrected chi connectivity index (χ4v) is 2.04. The normalized spacial score (nSPS) is 18.8. The number of nitrogens with zero attached hydrogens (tertiary/aromatic N) is 3. The highest BCUT2D eigenvalue weighted by Gasteiger charge is 2.28. The third kappa shape index (κ3) is 2.48. The van der Waals surface area contributed by atoms with E-state index in [1.165, 1.54) is 6.20 Å². The second-order valence-corrected chi connectivity index (χ2v) is 4.72. The number of nitriles is 1. The summed E-state index contributed by atoms with van der Waals surface area (Å²) >= 11 is 0. The summed E-state index contributed by atoms with van der Waals surface area (Å²) in [5, 5.41) is 18.9. The van der Waals surface area contributed by atoms with Gasteiger partial charge in [0.05, 0.1) is 16.9 Å². The van der Waals surface area contributed by atoms with Crippen LogP contribution in [-0.2, 0) is 0 Å². The first kappa shape index (κ1) is 11.7. The van der Waals surface area contributed by atoms with E-state index in [1.54, 1.807) is 6.07 Å². The summed E-state index contributed by atoms with van der Waals surface area (Å²) in [6.45, 7) is 3.30. The lowest BCUT2D eigenvalue weighted by atomic mass is 9.93. The van der Waals surface area contributed by atoms with Crippen molar-refractivity contribution >= 4 is 11.5 Å². The molecule has 1 aliphatic rings. The number of aromatic nitrogens is 1. The number of pyridine rings is 1. The van der Waals surface area contributed by atoms with Crippen LogP contribution in [0.4, 0.5) is 11.5 Å². The van der Waals surface area contributed by atoms with Crippen LogP contribution >= 0.6 is 0 Å². The third-order valence-electron chi connectivity index (χ3n) is 3.21. The van der Waals surface area contributed by atoms with Crippen molar-refractivity contribution in [1.82, 2.24) is 4.98 Å². The number of nitrogen functional groups attached to an aromatic ring is 1. The van der Waals surface area contributed by atoms with E-state index >= 15 is 0 Å². The first-order valence-corrected chi connectivity index (χ1v) is 5.65. The van der Waals surface area contributed by atoms with Crippen LogP contribution < -0.4 is 10.6 Å². The molecule has 0 saturated carbocycles. The number of rotatable bonds is 1. The zero-order valence-corrected chi connectivity index (χ0v) is 9.85. The zero-order valence-electron chi connectivity index (χ0n) is 9.85. The lowest BCUT2D eigenvalue weighted by Gasteiger charge is -2.37. The first-order chi connectivity index (χ1) is 8.02. The van der Waals surface area contributed by atoms with E-state index in [1.807, 2.05) is 6.92 Å². The molecule has 0 bridgehead atoms. The van der Waals surface area contributed by atoms with Crippen LogP contribution in [0.15, 0.2) is 12.3 Å². The molecule has 2 heterocycles. The molecule has 5 nitrogen and oxygen atoms in total. The topological polar surface area (TPSA) is 86.2 Å². The van der Waals surface area contributed by atoms with Gasteiger partial charge in [0.25, 0.3) is 0 Å². The Morgan fingerprint density at radius 3 is 2.76 bits per heavy atom. The van der Waals surface area contributed by atoms with Crippen molar-refractivity contribution in [2.45, 2.75) is 25.4 Å². The van der Waals surface area contributed by atoms with Crippen molar-refractivity contribution in [1.29, 1.82) is 5.26 Å². The summed E-state index contributed by atoms with van der Waals surface area (Å²) in [5.74, 6) is 0.413. The largest absolute Gasteiger partial charge is 0.390 e. The number of aliphatic hydroxyl groups is 1. The molecule has 0 unspecified atom stereocenters. The molecule has 90 valence electrons. The highest BCUT2D eigenvalue weighted by atomic mass is 16.3. The molecule has 1 aliphatic heterocycles. The Kier molecular flexibility index (Phi) is 2.90. The predicted molar refractivity (Wildman–Crippen MR) is 65.4 cm³/mol. The second-order valence-electron chi connectivity index (χ2n) is 4.72. The van der Waals surface area contributed by atoms with Crippen molar-refractivity contribution in [3.05, 3.63) is 17.8 Å². The third-order valence-corrected chi connectivity index (χ3v) is 3.21. The number of hydrogen-bond donors (Lipinski definition) is 2. The molecule has 0 aliphatic carbocycles. The molecule has 17 heavy (non-hydrogen) atoms. The van der Waals surface area contributed by atoms with Crippen LogP contribution in [0.1, 0.15) is 25.3 Å². The molecule has 2 rings (SSSR count). The smallest absolute Gasteiger partial charge is 0.125 e. The summed E-state index contributed by atoms with van der Waals surface area (Å²) in [5.41, 5.74) is 6.39. The van der Waals surface area contributed by atoms with Crippen LogP contribution in [0.3, 0.4) is 0 Å². The Hall–Kier alpha value is -1.80. The van der Waals surface area contributed by atoms with Gasteiger partial charge in [-0.15, -0.1) is 0 Å². The summed E-state index contributed by atoms with van der Waals surface area (Å²) in [6.07, 6.45) is 2.89. The fraction of sp³-hybridized carbons (Fsp3) is 0.500. The standard InChI is InChI=1S/C12H16N4O/c1-12(17)2-4-16(5-3-12)10-6-11(14)15-8-9(10)7-13/h6,8,17H,2-5H2,1H3,(H2,14,15). The lowest BCUT2D eigenvalue weighted by Crippen LogP contribution is -2.42. The molecule has 0 atom stereocenters.